The minimum Gasteiger partial charge on any atom is -0.311 e. The zero-order valence-electron chi connectivity index (χ0n) is 11.2. The summed E-state index contributed by atoms with van der Waals surface area (Å²) in [6.45, 7) is 5.72. The van der Waals surface area contributed by atoms with Gasteiger partial charge in [0, 0.05) is 17.3 Å². The molecule has 3 heteroatoms. The molecule has 0 radical (unpaired) electrons. The molecule has 0 bridgehead atoms. The second-order valence-electron chi connectivity index (χ2n) is 5.46. The molecule has 1 N–H and O–H groups in total. The van der Waals surface area contributed by atoms with E-state index in [0.717, 1.165) is 6.42 Å². The first kappa shape index (κ1) is 13.5. The molecule has 0 aliphatic heterocycles. The number of fused-ring (bicyclic) bond motifs is 1. The van der Waals surface area contributed by atoms with Crippen molar-refractivity contribution in [3.8, 4) is 0 Å². The Kier molecular flexibility index (Phi) is 4.03. The molecule has 1 atom stereocenters. The average molecular weight is 265 g/mol. The normalized spacial score (nSPS) is 14.0. The first-order valence-corrected chi connectivity index (χ1v) is 7.21. The number of hydrogen-bond acceptors (Lipinski definition) is 2. The molecule has 0 aliphatic rings. The first-order chi connectivity index (χ1) is 8.46. The lowest BCUT2D eigenvalue weighted by molar-refractivity contribution is 0.204. The fraction of sp³-hybridized carbons (Fsp3) is 0.467. The van der Waals surface area contributed by atoms with Gasteiger partial charge in [0.2, 0.25) is 0 Å². The van der Waals surface area contributed by atoms with E-state index >= 15 is 0 Å². The predicted octanol–water partition coefficient (Wildman–Crippen LogP) is 4.17. The van der Waals surface area contributed by atoms with Crippen molar-refractivity contribution in [1.29, 1.82) is 0 Å². The molecule has 0 amide bonds. The predicted molar refractivity (Wildman–Crippen MR) is 78.2 cm³/mol. The van der Waals surface area contributed by atoms with Crippen LogP contribution >= 0.6 is 11.3 Å². The minimum absolute atomic E-state index is 0.290. The maximum absolute atomic E-state index is 13.4. The van der Waals surface area contributed by atoms with Gasteiger partial charge in [0.05, 0.1) is 0 Å². The van der Waals surface area contributed by atoms with Crippen LogP contribution in [0.4, 0.5) is 4.39 Å². The van der Waals surface area contributed by atoms with Gasteiger partial charge in [0.15, 0.2) is 0 Å². The second kappa shape index (κ2) is 5.37. The Morgan fingerprint density at radius 3 is 2.78 bits per heavy atom. The van der Waals surface area contributed by atoms with Crippen LogP contribution in [-0.4, -0.2) is 18.3 Å². The second-order valence-corrected chi connectivity index (χ2v) is 6.37. The molecule has 0 saturated heterocycles. The van der Waals surface area contributed by atoms with E-state index in [0.29, 0.717) is 6.54 Å². The van der Waals surface area contributed by atoms with Crippen molar-refractivity contribution in [2.75, 3.05) is 6.54 Å². The molecule has 2 rings (SSSR count). The van der Waals surface area contributed by atoms with E-state index in [9.17, 15) is 4.39 Å². The van der Waals surface area contributed by atoms with E-state index in [4.69, 9.17) is 0 Å². The fourth-order valence-corrected chi connectivity index (χ4v) is 2.99. The maximum atomic E-state index is 13.4. The topological polar surface area (TPSA) is 12.0 Å². The van der Waals surface area contributed by atoms with E-state index in [1.807, 2.05) is 0 Å². The van der Waals surface area contributed by atoms with E-state index in [2.05, 4.69) is 41.9 Å². The highest BCUT2D eigenvalue weighted by molar-refractivity contribution is 7.17. The van der Waals surface area contributed by atoms with Crippen molar-refractivity contribution in [2.45, 2.75) is 38.9 Å². The SMILES string of the molecule is CC(Cc1csc2ccccc12)NCC(C)(C)F. The summed E-state index contributed by atoms with van der Waals surface area (Å²) in [6, 6.07) is 8.73. The summed E-state index contributed by atoms with van der Waals surface area (Å²) in [5.41, 5.74) is 0.206. The largest absolute Gasteiger partial charge is 0.311 e. The molecule has 0 fully saturated rings. The highest BCUT2D eigenvalue weighted by atomic mass is 32.1. The number of benzene rings is 1. The highest BCUT2D eigenvalue weighted by Gasteiger charge is 2.16. The van der Waals surface area contributed by atoms with Crippen molar-refractivity contribution in [3.63, 3.8) is 0 Å². The Hall–Kier alpha value is -0.930. The summed E-state index contributed by atoms with van der Waals surface area (Å²) >= 11 is 1.78. The van der Waals surface area contributed by atoms with Gasteiger partial charge in [0.25, 0.3) is 0 Å². The van der Waals surface area contributed by atoms with Gasteiger partial charge in [0.1, 0.15) is 5.67 Å². The van der Waals surface area contributed by atoms with Crippen molar-refractivity contribution < 1.29 is 4.39 Å². The van der Waals surface area contributed by atoms with Crippen LogP contribution in [0.5, 0.6) is 0 Å². The third-order valence-electron chi connectivity index (χ3n) is 2.96. The third kappa shape index (κ3) is 3.53. The lowest BCUT2D eigenvalue weighted by atomic mass is 10.1. The molecular weight excluding hydrogens is 245 g/mol. The number of rotatable bonds is 5. The molecule has 2 aromatic rings. The standard InChI is InChI=1S/C15H20FNS/c1-11(17-10-15(2,3)16)8-12-9-18-14-7-5-4-6-13(12)14/h4-7,9,11,17H,8,10H2,1-3H3. The molecule has 1 aromatic carbocycles. The van der Waals surface area contributed by atoms with Gasteiger partial charge >= 0.3 is 0 Å². The lowest BCUT2D eigenvalue weighted by Gasteiger charge is -2.19. The number of hydrogen-bond donors (Lipinski definition) is 1. The lowest BCUT2D eigenvalue weighted by Crippen LogP contribution is -2.37. The van der Waals surface area contributed by atoms with Crippen LogP contribution in [-0.2, 0) is 6.42 Å². The van der Waals surface area contributed by atoms with Gasteiger partial charge in [-0.25, -0.2) is 4.39 Å². The van der Waals surface area contributed by atoms with Crippen molar-refractivity contribution in [3.05, 3.63) is 35.2 Å². The van der Waals surface area contributed by atoms with Crippen LogP contribution in [0, 0.1) is 0 Å². The molecular formula is C15H20FNS. The average Bonchev–Trinajstić information content (AvgIpc) is 2.70. The van der Waals surface area contributed by atoms with Crippen molar-refractivity contribution in [2.24, 2.45) is 0 Å². The summed E-state index contributed by atoms with van der Waals surface area (Å²) in [4.78, 5) is 0. The Morgan fingerprint density at radius 1 is 1.33 bits per heavy atom. The number of nitrogens with one attached hydrogen (secondary N) is 1. The van der Waals surface area contributed by atoms with E-state index < -0.39 is 5.67 Å². The molecule has 98 valence electrons. The summed E-state index contributed by atoms with van der Waals surface area (Å²) in [5.74, 6) is 0. The van der Waals surface area contributed by atoms with E-state index in [-0.39, 0.29) is 6.04 Å². The fourth-order valence-electron chi connectivity index (χ4n) is 2.01. The first-order valence-electron chi connectivity index (χ1n) is 6.33. The summed E-state index contributed by atoms with van der Waals surface area (Å²) in [7, 11) is 0. The van der Waals surface area contributed by atoms with Crippen molar-refractivity contribution >= 4 is 21.4 Å². The minimum atomic E-state index is -1.15. The molecule has 1 heterocycles. The van der Waals surface area contributed by atoms with Crippen LogP contribution in [0.3, 0.4) is 0 Å². The molecule has 0 spiro atoms. The van der Waals surface area contributed by atoms with Crippen LogP contribution in [0.15, 0.2) is 29.6 Å². The summed E-state index contributed by atoms with van der Waals surface area (Å²) in [6.07, 6.45) is 0.945. The molecule has 1 nitrogen and oxygen atoms in total. The molecule has 0 aliphatic carbocycles. The Morgan fingerprint density at radius 2 is 2.06 bits per heavy atom. The van der Waals surface area contributed by atoms with Crippen molar-refractivity contribution in [1.82, 2.24) is 5.32 Å². The number of alkyl halides is 1. The Bertz CT molecular complexity index is 512. The van der Waals surface area contributed by atoms with E-state index in [1.54, 1.807) is 25.2 Å². The quantitative estimate of drug-likeness (QED) is 0.855. The third-order valence-corrected chi connectivity index (χ3v) is 3.97. The van der Waals surface area contributed by atoms with Gasteiger partial charge in [-0.15, -0.1) is 11.3 Å². The van der Waals surface area contributed by atoms with Gasteiger partial charge in [-0.05, 0) is 49.6 Å². The molecule has 1 aromatic heterocycles. The molecule has 18 heavy (non-hydrogen) atoms. The van der Waals surface area contributed by atoms with Crippen LogP contribution < -0.4 is 5.32 Å². The highest BCUT2D eigenvalue weighted by Crippen LogP contribution is 2.26. The number of halogens is 1. The van der Waals surface area contributed by atoms with Crippen LogP contribution in [0.1, 0.15) is 26.3 Å². The molecule has 1 unspecified atom stereocenters. The monoisotopic (exact) mass is 265 g/mol. The van der Waals surface area contributed by atoms with E-state index in [1.165, 1.54) is 15.6 Å². The van der Waals surface area contributed by atoms with Crippen LogP contribution in [0.2, 0.25) is 0 Å². The van der Waals surface area contributed by atoms with Gasteiger partial charge < -0.3 is 5.32 Å². The van der Waals surface area contributed by atoms with Gasteiger partial charge in [-0.3, -0.25) is 0 Å². The maximum Gasteiger partial charge on any atom is 0.117 e. The summed E-state index contributed by atoms with van der Waals surface area (Å²) < 4.78 is 14.7. The molecule has 0 saturated carbocycles. The van der Waals surface area contributed by atoms with Gasteiger partial charge in [-0.1, -0.05) is 18.2 Å². The Balaban J connectivity index is 2.01. The zero-order chi connectivity index (χ0) is 13.2. The summed E-state index contributed by atoms with van der Waals surface area (Å²) in [5, 5.41) is 6.80. The van der Waals surface area contributed by atoms with Crippen LogP contribution in [0.25, 0.3) is 10.1 Å². The zero-order valence-corrected chi connectivity index (χ0v) is 12.0. The smallest absolute Gasteiger partial charge is 0.117 e. The Labute approximate surface area is 112 Å². The van der Waals surface area contributed by atoms with Gasteiger partial charge in [-0.2, -0.15) is 0 Å². The number of thiophene rings is 1.